The molecular weight excluding hydrogens is 331 g/mol. The highest BCUT2D eigenvalue weighted by Crippen LogP contribution is 2.29. The normalized spacial score (nSPS) is 12.9. The van der Waals surface area contributed by atoms with Crippen molar-refractivity contribution in [3.8, 4) is 6.07 Å². The zero-order valence-electron chi connectivity index (χ0n) is 11.7. The molecule has 2 rings (SSSR count). The van der Waals surface area contributed by atoms with E-state index in [1.165, 1.54) is 24.0 Å². The third-order valence-electron chi connectivity index (χ3n) is 2.95. The van der Waals surface area contributed by atoms with E-state index in [0.29, 0.717) is 0 Å². The first kappa shape index (κ1) is 16.8. The highest BCUT2D eigenvalue weighted by molar-refractivity contribution is 7.95. The van der Waals surface area contributed by atoms with Crippen LogP contribution in [-0.4, -0.2) is 18.0 Å². The van der Waals surface area contributed by atoms with Crippen LogP contribution in [0.25, 0.3) is 6.08 Å². The van der Waals surface area contributed by atoms with Crippen LogP contribution >= 0.6 is 0 Å². The molecule has 0 saturated heterocycles. The predicted octanol–water partition coefficient (Wildman–Crippen LogP) is 2.78. The van der Waals surface area contributed by atoms with Crippen molar-refractivity contribution in [2.75, 3.05) is 0 Å². The molecule has 0 aliphatic carbocycles. The molecule has 5 nitrogen and oxygen atoms in total. The van der Waals surface area contributed by atoms with E-state index in [2.05, 4.69) is 4.98 Å². The zero-order valence-corrected chi connectivity index (χ0v) is 12.6. The number of alkyl halides is 3. The monoisotopic (exact) mass is 341 g/mol. The van der Waals surface area contributed by atoms with Gasteiger partial charge in [-0.05, 0) is 23.8 Å². The number of aryl methyl sites for hydroxylation is 1. The lowest BCUT2D eigenvalue weighted by molar-refractivity contribution is -0.137. The molecule has 2 aromatic rings. The fourth-order valence-electron chi connectivity index (χ4n) is 1.80. The largest absolute Gasteiger partial charge is 0.416 e. The van der Waals surface area contributed by atoms with Crippen LogP contribution in [0, 0.1) is 11.3 Å². The van der Waals surface area contributed by atoms with Crippen molar-refractivity contribution in [1.29, 1.82) is 5.26 Å². The van der Waals surface area contributed by atoms with Gasteiger partial charge in [0, 0.05) is 19.4 Å². The molecule has 0 bridgehead atoms. The van der Waals surface area contributed by atoms with Crippen molar-refractivity contribution in [2.24, 2.45) is 7.05 Å². The average Bonchev–Trinajstić information content (AvgIpc) is 2.91. The van der Waals surface area contributed by atoms with Crippen molar-refractivity contribution in [3.05, 3.63) is 52.7 Å². The van der Waals surface area contributed by atoms with Gasteiger partial charge < -0.3 is 4.57 Å². The average molecular weight is 341 g/mol. The van der Waals surface area contributed by atoms with E-state index >= 15 is 0 Å². The maximum atomic E-state index is 12.5. The minimum atomic E-state index is -4.49. The fourth-order valence-corrected chi connectivity index (χ4v) is 3.05. The number of allylic oxidation sites excluding steroid dienone is 1. The summed E-state index contributed by atoms with van der Waals surface area (Å²) < 4.78 is 63.4. The molecule has 0 aliphatic heterocycles. The van der Waals surface area contributed by atoms with Gasteiger partial charge in [0.05, 0.1) is 5.56 Å². The van der Waals surface area contributed by atoms with E-state index in [0.717, 1.165) is 30.3 Å². The Morgan fingerprint density at radius 1 is 1.30 bits per heavy atom. The first-order valence-corrected chi connectivity index (χ1v) is 7.66. The lowest BCUT2D eigenvalue weighted by Crippen LogP contribution is -2.10. The van der Waals surface area contributed by atoms with Gasteiger partial charge in [-0.25, -0.2) is 13.4 Å². The van der Waals surface area contributed by atoms with Crippen LogP contribution in [0.5, 0.6) is 0 Å². The molecule has 120 valence electrons. The molecule has 0 radical (unpaired) electrons. The second-order valence-electron chi connectivity index (χ2n) is 4.56. The van der Waals surface area contributed by atoms with Crippen LogP contribution < -0.4 is 0 Å². The molecule has 1 aromatic heterocycles. The highest BCUT2D eigenvalue weighted by atomic mass is 32.2. The maximum Gasteiger partial charge on any atom is 0.416 e. The molecule has 0 N–H and O–H groups in total. The Hall–Kier alpha value is -2.60. The summed E-state index contributed by atoms with van der Waals surface area (Å²) in [5.74, 6) is 0. The zero-order chi connectivity index (χ0) is 17.3. The number of hydrogen-bond donors (Lipinski definition) is 0. The minimum Gasteiger partial charge on any atom is -0.325 e. The van der Waals surface area contributed by atoms with E-state index in [9.17, 15) is 21.6 Å². The number of halogens is 3. The van der Waals surface area contributed by atoms with Crippen molar-refractivity contribution in [1.82, 2.24) is 9.55 Å². The molecule has 0 atom stereocenters. The summed E-state index contributed by atoms with van der Waals surface area (Å²) in [6.45, 7) is 0. The number of rotatable bonds is 3. The van der Waals surface area contributed by atoms with Crippen molar-refractivity contribution in [3.63, 3.8) is 0 Å². The molecule has 0 fully saturated rings. The Bertz CT molecular complexity index is 889. The molecule has 0 saturated carbocycles. The van der Waals surface area contributed by atoms with E-state index in [-0.39, 0.29) is 10.7 Å². The van der Waals surface area contributed by atoms with Crippen LogP contribution in [0.4, 0.5) is 13.2 Å². The summed E-state index contributed by atoms with van der Waals surface area (Å²) in [5.41, 5.74) is -0.701. The van der Waals surface area contributed by atoms with Gasteiger partial charge in [-0.15, -0.1) is 0 Å². The number of benzene rings is 1. The summed E-state index contributed by atoms with van der Waals surface area (Å²) in [4.78, 5) is 3.07. The van der Waals surface area contributed by atoms with Crippen LogP contribution in [-0.2, 0) is 23.1 Å². The molecule has 0 amide bonds. The van der Waals surface area contributed by atoms with Gasteiger partial charge in [-0.1, -0.05) is 12.1 Å². The number of nitrogens with zero attached hydrogens (tertiary/aromatic N) is 3. The van der Waals surface area contributed by atoms with Gasteiger partial charge in [0.15, 0.2) is 4.91 Å². The van der Waals surface area contributed by atoms with Crippen LogP contribution in [0.3, 0.4) is 0 Å². The summed E-state index contributed by atoms with van der Waals surface area (Å²) >= 11 is 0. The minimum absolute atomic E-state index is 0.160. The Balaban J connectivity index is 2.44. The summed E-state index contributed by atoms with van der Waals surface area (Å²) in [7, 11) is -2.69. The Labute approximate surface area is 130 Å². The van der Waals surface area contributed by atoms with Crippen molar-refractivity contribution < 1.29 is 21.6 Å². The van der Waals surface area contributed by atoms with Gasteiger partial charge in [0.25, 0.3) is 0 Å². The molecule has 9 heteroatoms. The number of nitriles is 1. The van der Waals surface area contributed by atoms with Gasteiger partial charge in [0.2, 0.25) is 15.0 Å². The molecule has 1 aromatic carbocycles. The molecule has 0 spiro atoms. The quantitative estimate of drug-likeness (QED) is 0.805. The maximum absolute atomic E-state index is 12.5. The fraction of sp³-hybridized carbons (Fsp3) is 0.143. The first-order chi connectivity index (χ1) is 10.7. The lowest BCUT2D eigenvalue weighted by atomic mass is 10.1. The second kappa shape index (κ2) is 5.89. The predicted molar refractivity (Wildman–Crippen MR) is 75.4 cm³/mol. The van der Waals surface area contributed by atoms with Crippen molar-refractivity contribution >= 4 is 15.9 Å². The summed E-state index contributed by atoms with van der Waals surface area (Å²) in [6, 6.07) is 5.36. The Morgan fingerprint density at radius 2 is 1.91 bits per heavy atom. The highest BCUT2D eigenvalue weighted by Gasteiger charge is 2.30. The van der Waals surface area contributed by atoms with Gasteiger partial charge >= 0.3 is 6.18 Å². The van der Waals surface area contributed by atoms with Gasteiger partial charge in [-0.2, -0.15) is 18.4 Å². The summed E-state index contributed by atoms with van der Waals surface area (Å²) in [5, 5.41) is 8.76. The van der Waals surface area contributed by atoms with Crippen LogP contribution in [0.2, 0.25) is 0 Å². The first-order valence-electron chi connectivity index (χ1n) is 6.18. The Kier molecular flexibility index (Phi) is 4.29. The second-order valence-corrected chi connectivity index (χ2v) is 6.38. The van der Waals surface area contributed by atoms with E-state index in [1.807, 2.05) is 0 Å². The molecule has 0 aliphatic rings. The Morgan fingerprint density at radius 3 is 2.35 bits per heavy atom. The molecule has 23 heavy (non-hydrogen) atoms. The number of imidazole rings is 1. The van der Waals surface area contributed by atoms with Gasteiger partial charge in [0.1, 0.15) is 6.07 Å². The lowest BCUT2D eigenvalue weighted by Gasteiger charge is -2.06. The third-order valence-corrected chi connectivity index (χ3v) is 4.62. The van der Waals surface area contributed by atoms with E-state index < -0.39 is 26.5 Å². The van der Waals surface area contributed by atoms with Crippen LogP contribution in [0.15, 0.2) is 46.7 Å². The van der Waals surface area contributed by atoms with E-state index in [1.54, 1.807) is 6.07 Å². The standard InChI is InChI=1S/C14H10F3N3O2S/c1-20-7-6-19-13(20)23(21,22)12(9-18)8-10-2-4-11(5-3-10)14(15,16)17/h2-8H,1H3/b12-8+. The topological polar surface area (TPSA) is 75.8 Å². The summed E-state index contributed by atoms with van der Waals surface area (Å²) in [6.07, 6.45) is -0.816. The van der Waals surface area contributed by atoms with Gasteiger partial charge in [-0.3, -0.25) is 0 Å². The number of aromatic nitrogens is 2. The number of hydrogen-bond acceptors (Lipinski definition) is 4. The smallest absolute Gasteiger partial charge is 0.325 e. The molecular formula is C14H10F3N3O2S. The molecule has 1 heterocycles. The van der Waals surface area contributed by atoms with Crippen molar-refractivity contribution in [2.45, 2.75) is 11.3 Å². The SMILES string of the molecule is Cn1ccnc1S(=O)(=O)/C(C#N)=C/c1ccc(C(F)(F)F)cc1. The van der Waals surface area contributed by atoms with E-state index in [4.69, 9.17) is 5.26 Å². The molecule has 0 unspecified atom stereocenters. The number of sulfone groups is 1. The third kappa shape index (κ3) is 3.43. The van der Waals surface area contributed by atoms with Crippen LogP contribution in [0.1, 0.15) is 11.1 Å².